The van der Waals surface area contributed by atoms with E-state index >= 15 is 0 Å². The third-order valence-electron chi connectivity index (χ3n) is 3.28. The molecule has 0 aromatic carbocycles. The lowest BCUT2D eigenvalue weighted by Gasteiger charge is -2.16. The Morgan fingerprint density at radius 1 is 1.19 bits per heavy atom. The summed E-state index contributed by atoms with van der Waals surface area (Å²) in [6, 6.07) is 0. The summed E-state index contributed by atoms with van der Waals surface area (Å²) in [5, 5.41) is 2.99. The molecule has 3 nitrogen and oxygen atoms in total. The summed E-state index contributed by atoms with van der Waals surface area (Å²) in [5.41, 5.74) is 5.47. The fraction of sp³-hybridized carbons (Fsp3) is 0.923. The van der Waals surface area contributed by atoms with Crippen molar-refractivity contribution in [2.45, 2.75) is 47.0 Å². The molecule has 0 bridgehead atoms. The summed E-state index contributed by atoms with van der Waals surface area (Å²) in [6.07, 6.45) is 2.58. The van der Waals surface area contributed by atoms with Crippen LogP contribution in [0.3, 0.4) is 0 Å². The summed E-state index contributed by atoms with van der Waals surface area (Å²) in [6.45, 7) is 10.2. The van der Waals surface area contributed by atoms with E-state index in [0.717, 1.165) is 19.4 Å². The third-order valence-corrected chi connectivity index (χ3v) is 3.28. The Labute approximate surface area is 100 Å². The Hall–Kier alpha value is -0.570. The quantitative estimate of drug-likeness (QED) is 0.669. The lowest BCUT2D eigenvalue weighted by Crippen LogP contribution is -2.30. The standard InChI is InChI=1S/C13H28N2O/c1-10(2)12(4)9-15-13(16)6-5-11(3)7-8-14/h10-12H,5-9,14H2,1-4H3,(H,15,16). The molecule has 0 aliphatic carbocycles. The molecule has 0 saturated heterocycles. The highest BCUT2D eigenvalue weighted by Gasteiger charge is 2.10. The van der Waals surface area contributed by atoms with E-state index in [1.165, 1.54) is 0 Å². The first-order valence-corrected chi connectivity index (χ1v) is 6.44. The molecule has 0 radical (unpaired) electrons. The van der Waals surface area contributed by atoms with Gasteiger partial charge in [-0.2, -0.15) is 0 Å². The van der Waals surface area contributed by atoms with Crippen molar-refractivity contribution >= 4 is 5.91 Å². The maximum atomic E-state index is 11.5. The second kappa shape index (κ2) is 8.57. The van der Waals surface area contributed by atoms with Gasteiger partial charge in [0.05, 0.1) is 0 Å². The Bertz CT molecular complexity index is 192. The molecule has 0 heterocycles. The topological polar surface area (TPSA) is 55.1 Å². The number of amides is 1. The molecule has 2 atom stereocenters. The number of hydrogen-bond acceptors (Lipinski definition) is 2. The molecule has 0 fully saturated rings. The molecule has 3 heteroatoms. The van der Waals surface area contributed by atoms with Gasteiger partial charge in [-0.25, -0.2) is 0 Å². The first kappa shape index (κ1) is 15.4. The summed E-state index contributed by atoms with van der Waals surface area (Å²) in [7, 11) is 0. The number of hydrogen-bond donors (Lipinski definition) is 2. The van der Waals surface area contributed by atoms with Gasteiger partial charge in [0.2, 0.25) is 5.91 Å². The first-order chi connectivity index (χ1) is 7.47. The average molecular weight is 228 g/mol. The minimum absolute atomic E-state index is 0.177. The monoisotopic (exact) mass is 228 g/mol. The molecular weight excluding hydrogens is 200 g/mol. The van der Waals surface area contributed by atoms with Crippen LogP contribution in [-0.4, -0.2) is 19.0 Å². The van der Waals surface area contributed by atoms with E-state index in [1.807, 2.05) is 0 Å². The molecule has 0 aliphatic heterocycles. The van der Waals surface area contributed by atoms with Gasteiger partial charge in [-0.05, 0) is 37.1 Å². The molecule has 0 aliphatic rings. The molecule has 96 valence electrons. The van der Waals surface area contributed by atoms with Crippen LogP contribution < -0.4 is 11.1 Å². The van der Waals surface area contributed by atoms with Gasteiger partial charge in [0.1, 0.15) is 0 Å². The fourth-order valence-electron chi connectivity index (χ4n) is 1.41. The smallest absolute Gasteiger partial charge is 0.220 e. The predicted molar refractivity (Wildman–Crippen MR) is 69.1 cm³/mol. The molecule has 0 spiro atoms. The van der Waals surface area contributed by atoms with E-state index < -0.39 is 0 Å². The predicted octanol–water partition coefficient (Wildman–Crippen LogP) is 2.16. The van der Waals surface area contributed by atoms with Crippen LogP contribution in [0.4, 0.5) is 0 Å². The normalized spacial score (nSPS) is 14.9. The van der Waals surface area contributed by atoms with Crippen LogP contribution in [0, 0.1) is 17.8 Å². The van der Waals surface area contributed by atoms with Crippen molar-refractivity contribution in [3.8, 4) is 0 Å². The lowest BCUT2D eigenvalue weighted by molar-refractivity contribution is -0.121. The van der Waals surface area contributed by atoms with Crippen LogP contribution in [0.5, 0.6) is 0 Å². The summed E-state index contributed by atoms with van der Waals surface area (Å²) < 4.78 is 0. The van der Waals surface area contributed by atoms with Crippen LogP contribution in [0.25, 0.3) is 0 Å². The van der Waals surface area contributed by atoms with Crippen molar-refractivity contribution in [3.05, 3.63) is 0 Å². The van der Waals surface area contributed by atoms with Gasteiger partial charge < -0.3 is 11.1 Å². The van der Waals surface area contributed by atoms with Crippen molar-refractivity contribution in [1.29, 1.82) is 0 Å². The number of carbonyl (C=O) groups excluding carboxylic acids is 1. The Morgan fingerprint density at radius 2 is 1.81 bits per heavy atom. The van der Waals surface area contributed by atoms with E-state index in [9.17, 15) is 4.79 Å². The summed E-state index contributed by atoms with van der Waals surface area (Å²) >= 11 is 0. The molecular formula is C13H28N2O. The largest absolute Gasteiger partial charge is 0.356 e. The molecule has 0 aromatic rings. The zero-order valence-corrected chi connectivity index (χ0v) is 11.3. The van der Waals surface area contributed by atoms with Crippen LogP contribution in [0.15, 0.2) is 0 Å². The maximum absolute atomic E-state index is 11.5. The number of rotatable bonds is 8. The van der Waals surface area contributed by atoms with Crippen molar-refractivity contribution in [1.82, 2.24) is 5.32 Å². The SMILES string of the molecule is CC(CCN)CCC(=O)NCC(C)C(C)C. The van der Waals surface area contributed by atoms with Crippen LogP contribution in [0.1, 0.15) is 47.0 Å². The number of carbonyl (C=O) groups is 1. The van der Waals surface area contributed by atoms with Crippen molar-refractivity contribution in [2.24, 2.45) is 23.5 Å². The summed E-state index contributed by atoms with van der Waals surface area (Å²) in [5.74, 6) is 1.90. The van der Waals surface area contributed by atoms with E-state index in [4.69, 9.17) is 5.73 Å². The van der Waals surface area contributed by atoms with Crippen molar-refractivity contribution < 1.29 is 4.79 Å². The van der Waals surface area contributed by atoms with Crippen molar-refractivity contribution in [2.75, 3.05) is 13.1 Å². The van der Waals surface area contributed by atoms with E-state index in [0.29, 0.717) is 30.7 Å². The first-order valence-electron chi connectivity index (χ1n) is 6.44. The van der Waals surface area contributed by atoms with Gasteiger partial charge in [0.25, 0.3) is 0 Å². The average Bonchev–Trinajstić information content (AvgIpc) is 2.23. The van der Waals surface area contributed by atoms with E-state index in [-0.39, 0.29) is 5.91 Å². The maximum Gasteiger partial charge on any atom is 0.220 e. The zero-order valence-electron chi connectivity index (χ0n) is 11.3. The van der Waals surface area contributed by atoms with E-state index in [1.54, 1.807) is 0 Å². The van der Waals surface area contributed by atoms with E-state index in [2.05, 4.69) is 33.0 Å². The molecule has 1 amide bonds. The van der Waals surface area contributed by atoms with Crippen LogP contribution in [-0.2, 0) is 4.79 Å². The van der Waals surface area contributed by atoms with Crippen LogP contribution in [0.2, 0.25) is 0 Å². The molecule has 16 heavy (non-hydrogen) atoms. The Morgan fingerprint density at radius 3 is 2.31 bits per heavy atom. The number of nitrogens with two attached hydrogens (primary N) is 1. The van der Waals surface area contributed by atoms with Crippen LogP contribution >= 0.6 is 0 Å². The van der Waals surface area contributed by atoms with Crippen molar-refractivity contribution in [3.63, 3.8) is 0 Å². The number of nitrogens with one attached hydrogen (secondary N) is 1. The van der Waals surface area contributed by atoms with Gasteiger partial charge in [-0.3, -0.25) is 4.79 Å². The highest BCUT2D eigenvalue weighted by molar-refractivity contribution is 5.75. The minimum atomic E-state index is 0.177. The van der Waals surface area contributed by atoms with Gasteiger partial charge in [0, 0.05) is 13.0 Å². The van der Waals surface area contributed by atoms with Gasteiger partial charge in [0.15, 0.2) is 0 Å². The molecule has 0 rings (SSSR count). The summed E-state index contributed by atoms with van der Waals surface area (Å²) in [4.78, 5) is 11.5. The minimum Gasteiger partial charge on any atom is -0.356 e. The molecule has 0 saturated carbocycles. The zero-order chi connectivity index (χ0) is 12.6. The fourth-order valence-corrected chi connectivity index (χ4v) is 1.41. The lowest BCUT2D eigenvalue weighted by atomic mass is 9.98. The Kier molecular flexibility index (Phi) is 8.26. The van der Waals surface area contributed by atoms with Gasteiger partial charge in [-0.1, -0.05) is 27.7 Å². The molecule has 3 N–H and O–H groups in total. The second-order valence-electron chi connectivity index (χ2n) is 5.25. The van der Waals surface area contributed by atoms with Gasteiger partial charge in [-0.15, -0.1) is 0 Å². The highest BCUT2D eigenvalue weighted by Crippen LogP contribution is 2.10. The second-order valence-corrected chi connectivity index (χ2v) is 5.25. The third kappa shape index (κ3) is 7.69. The molecule has 2 unspecified atom stereocenters. The molecule has 0 aromatic heterocycles. The van der Waals surface area contributed by atoms with Gasteiger partial charge >= 0.3 is 0 Å². The highest BCUT2D eigenvalue weighted by atomic mass is 16.1. The Balaban J connectivity index is 3.59.